The van der Waals surface area contributed by atoms with Gasteiger partial charge in [-0.2, -0.15) is 5.10 Å². The van der Waals surface area contributed by atoms with E-state index in [9.17, 15) is 5.11 Å². The Labute approximate surface area is 82.6 Å². The molecule has 2 aromatic rings. The minimum atomic E-state index is 0.219. The minimum absolute atomic E-state index is 0.219. The van der Waals surface area contributed by atoms with Crippen molar-refractivity contribution in [3.8, 4) is 17.0 Å². The van der Waals surface area contributed by atoms with Crippen molar-refractivity contribution in [1.82, 2.24) is 9.78 Å². The molecule has 3 heteroatoms. The number of nitrogens with zero attached hydrogens (tertiary/aromatic N) is 2. The van der Waals surface area contributed by atoms with E-state index in [0.717, 1.165) is 11.3 Å². The fourth-order valence-electron chi connectivity index (χ4n) is 1.47. The summed E-state index contributed by atoms with van der Waals surface area (Å²) in [6.45, 7) is 2.03. The zero-order valence-electron chi connectivity index (χ0n) is 8.23. The fraction of sp³-hybridized carbons (Fsp3) is 0.182. The van der Waals surface area contributed by atoms with Crippen LogP contribution in [0, 0.1) is 6.92 Å². The average molecular weight is 188 g/mol. The Balaban J connectivity index is 2.54. The van der Waals surface area contributed by atoms with Gasteiger partial charge in [-0.1, -0.05) is 29.8 Å². The SMILES string of the molecule is Cc1ccc(-c2c(O)cnn2C)cc1. The predicted octanol–water partition coefficient (Wildman–Crippen LogP) is 2.10. The second kappa shape index (κ2) is 3.18. The van der Waals surface area contributed by atoms with Crippen LogP contribution in [0.3, 0.4) is 0 Å². The number of aromatic nitrogens is 2. The van der Waals surface area contributed by atoms with Crippen molar-refractivity contribution in [2.75, 3.05) is 0 Å². The van der Waals surface area contributed by atoms with Crippen LogP contribution in [-0.2, 0) is 7.05 Å². The maximum atomic E-state index is 9.57. The van der Waals surface area contributed by atoms with Gasteiger partial charge in [-0.25, -0.2) is 0 Å². The topological polar surface area (TPSA) is 38.1 Å². The van der Waals surface area contributed by atoms with Gasteiger partial charge in [-0.05, 0) is 6.92 Å². The normalized spacial score (nSPS) is 10.4. The van der Waals surface area contributed by atoms with E-state index in [2.05, 4.69) is 5.10 Å². The molecule has 72 valence electrons. The number of aryl methyl sites for hydroxylation is 2. The lowest BCUT2D eigenvalue weighted by Crippen LogP contribution is -1.93. The van der Waals surface area contributed by atoms with E-state index < -0.39 is 0 Å². The summed E-state index contributed by atoms with van der Waals surface area (Å²) in [6.07, 6.45) is 1.45. The summed E-state index contributed by atoms with van der Waals surface area (Å²) in [7, 11) is 1.81. The van der Waals surface area contributed by atoms with E-state index in [1.54, 1.807) is 4.68 Å². The summed E-state index contributed by atoms with van der Waals surface area (Å²) in [6, 6.07) is 7.99. The third-order valence-electron chi connectivity index (χ3n) is 2.24. The van der Waals surface area contributed by atoms with Crippen LogP contribution in [0.4, 0.5) is 0 Å². The lowest BCUT2D eigenvalue weighted by Gasteiger charge is -2.03. The highest BCUT2D eigenvalue weighted by Gasteiger charge is 2.08. The molecule has 2 rings (SSSR count). The molecule has 0 saturated heterocycles. The minimum Gasteiger partial charge on any atom is -0.504 e. The third-order valence-corrected chi connectivity index (χ3v) is 2.24. The molecule has 14 heavy (non-hydrogen) atoms. The monoisotopic (exact) mass is 188 g/mol. The first kappa shape index (κ1) is 8.81. The highest BCUT2D eigenvalue weighted by Crippen LogP contribution is 2.27. The number of benzene rings is 1. The van der Waals surface area contributed by atoms with Gasteiger partial charge in [0.25, 0.3) is 0 Å². The Morgan fingerprint density at radius 2 is 1.86 bits per heavy atom. The second-order valence-electron chi connectivity index (χ2n) is 3.37. The van der Waals surface area contributed by atoms with Gasteiger partial charge in [0, 0.05) is 12.6 Å². The Morgan fingerprint density at radius 1 is 1.21 bits per heavy atom. The van der Waals surface area contributed by atoms with Gasteiger partial charge < -0.3 is 5.11 Å². The molecule has 1 aromatic heterocycles. The molecule has 0 aliphatic rings. The Morgan fingerprint density at radius 3 is 2.36 bits per heavy atom. The van der Waals surface area contributed by atoms with E-state index in [1.165, 1.54) is 11.8 Å². The lowest BCUT2D eigenvalue weighted by atomic mass is 10.1. The molecule has 0 aliphatic heterocycles. The highest BCUT2D eigenvalue weighted by atomic mass is 16.3. The van der Waals surface area contributed by atoms with Crippen LogP contribution >= 0.6 is 0 Å². The van der Waals surface area contributed by atoms with Crippen LogP contribution in [0.15, 0.2) is 30.5 Å². The molecule has 0 atom stereocenters. The molecule has 0 unspecified atom stereocenters. The third kappa shape index (κ3) is 1.37. The van der Waals surface area contributed by atoms with Gasteiger partial charge in [-0.3, -0.25) is 4.68 Å². The smallest absolute Gasteiger partial charge is 0.161 e. The lowest BCUT2D eigenvalue weighted by molar-refractivity contribution is 0.477. The summed E-state index contributed by atoms with van der Waals surface area (Å²) in [5, 5.41) is 13.6. The van der Waals surface area contributed by atoms with E-state index in [4.69, 9.17) is 0 Å². The molecule has 0 spiro atoms. The molecule has 1 heterocycles. The molecular formula is C11H12N2O. The van der Waals surface area contributed by atoms with Gasteiger partial charge in [0.15, 0.2) is 5.75 Å². The van der Waals surface area contributed by atoms with Gasteiger partial charge in [-0.15, -0.1) is 0 Å². The Hall–Kier alpha value is -1.77. The standard InChI is InChI=1S/C11H12N2O/c1-8-3-5-9(6-4-8)11-10(14)7-12-13(11)2/h3-7,14H,1-2H3. The molecular weight excluding hydrogens is 176 g/mol. The molecule has 0 radical (unpaired) electrons. The quantitative estimate of drug-likeness (QED) is 0.744. The van der Waals surface area contributed by atoms with Crippen molar-refractivity contribution >= 4 is 0 Å². The summed E-state index contributed by atoms with van der Waals surface area (Å²) in [4.78, 5) is 0. The second-order valence-corrected chi connectivity index (χ2v) is 3.37. The zero-order valence-corrected chi connectivity index (χ0v) is 8.23. The van der Waals surface area contributed by atoms with Crippen LogP contribution in [-0.4, -0.2) is 14.9 Å². The van der Waals surface area contributed by atoms with Crippen molar-refractivity contribution in [3.05, 3.63) is 36.0 Å². The predicted molar refractivity (Wildman–Crippen MR) is 55.0 cm³/mol. The summed E-state index contributed by atoms with van der Waals surface area (Å²) < 4.78 is 1.67. The van der Waals surface area contributed by atoms with E-state index in [1.807, 2.05) is 38.2 Å². The molecule has 0 saturated carbocycles. The van der Waals surface area contributed by atoms with Crippen molar-refractivity contribution in [2.45, 2.75) is 6.92 Å². The van der Waals surface area contributed by atoms with Crippen molar-refractivity contribution < 1.29 is 5.11 Å². The van der Waals surface area contributed by atoms with E-state index in [-0.39, 0.29) is 5.75 Å². The van der Waals surface area contributed by atoms with Crippen LogP contribution in [0.1, 0.15) is 5.56 Å². The molecule has 0 bridgehead atoms. The number of hydrogen-bond acceptors (Lipinski definition) is 2. The van der Waals surface area contributed by atoms with E-state index >= 15 is 0 Å². The van der Waals surface area contributed by atoms with Crippen LogP contribution in [0.2, 0.25) is 0 Å². The first-order valence-corrected chi connectivity index (χ1v) is 4.46. The molecule has 1 aromatic carbocycles. The molecule has 0 fully saturated rings. The number of rotatable bonds is 1. The molecule has 3 nitrogen and oxygen atoms in total. The summed E-state index contributed by atoms with van der Waals surface area (Å²) >= 11 is 0. The van der Waals surface area contributed by atoms with Gasteiger partial charge >= 0.3 is 0 Å². The Kier molecular flexibility index (Phi) is 2.00. The van der Waals surface area contributed by atoms with Crippen LogP contribution in [0.25, 0.3) is 11.3 Å². The van der Waals surface area contributed by atoms with Crippen molar-refractivity contribution in [3.63, 3.8) is 0 Å². The van der Waals surface area contributed by atoms with Crippen molar-refractivity contribution in [1.29, 1.82) is 0 Å². The zero-order chi connectivity index (χ0) is 10.1. The maximum absolute atomic E-state index is 9.57. The first-order chi connectivity index (χ1) is 6.68. The largest absolute Gasteiger partial charge is 0.504 e. The molecule has 1 N–H and O–H groups in total. The van der Waals surface area contributed by atoms with Crippen LogP contribution < -0.4 is 0 Å². The fourth-order valence-corrected chi connectivity index (χ4v) is 1.47. The summed E-state index contributed by atoms with van der Waals surface area (Å²) in [5.74, 6) is 0.219. The van der Waals surface area contributed by atoms with Gasteiger partial charge in [0.05, 0.1) is 6.20 Å². The number of aromatic hydroxyl groups is 1. The number of hydrogen-bond donors (Lipinski definition) is 1. The maximum Gasteiger partial charge on any atom is 0.161 e. The highest BCUT2D eigenvalue weighted by molar-refractivity contribution is 5.66. The first-order valence-electron chi connectivity index (χ1n) is 4.46. The Bertz CT molecular complexity index is 423. The van der Waals surface area contributed by atoms with Crippen LogP contribution in [0.5, 0.6) is 5.75 Å². The average Bonchev–Trinajstić information content (AvgIpc) is 2.49. The molecule has 0 aliphatic carbocycles. The van der Waals surface area contributed by atoms with Gasteiger partial charge in [0.2, 0.25) is 0 Å². The summed E-state index contributed by atoms with van der Waals surface area (Å²) in [5.41, 5.74) is 2.94. The van der Waals surface area contributed by atoms with E-state index in [0.29, 0.717) is 0 Å². The van der Waals surface area contributed by atoms with Gasteiger partial charge in [0.1, 0.15) is 5.69 Å². The van der Waals surface area contributed by atoms with Crippen molar-refractivity contribution in [2.24, 2.45) is 7.05 Å². The molecule has 0 amide bonds.